The number of thiol groups is 6. The molecule has 0 fully saturated rings. The molecule has 0 radical (unpaired) electrons. The Morgan fingerprint density at radius 2 is 0.800 bits per heavy atom. The summed E-state index contributed by atoms with van der Waals surface area (Å²) in [6, 6.07) is 0. The molecular formula is C2H6N2S6. The molecule has 2 nitrogen and oxygen atoms in total. The summed E-state index contributed by atoms with van der Waals surface area (Å²) in [6.07, 6.45) is 0. The molecule has 0 saturated heterocycles. The maximum atomic E-state index is 3.83. The van der Waals surface area contributed by atoms with Crippen LogP contribution in [0, 0.1) is 0 Å². The van der Waals surface area contributed by atoms with Crippen molar-refractivity contribution in [3.8, 4) is 0 Å². The molecule has 0 aliphatic heterocycles. The summed E-state index contributed by atoms with van der Waals surface area (Å²) >= 11 is 23.0. The van der Waals surface area contributed by atoms with Gasteiger partial charge in [0.25, 0.3) is 0 Å². The van der Waals surface area contributed by atoms with Crippen LogP contribution < -0.4 is 0 Å². The standard InChI is InChI=1S/C2H6N2S6/c5-1(6,7)3-4-2(8,9)10/h5-10H/b4-3+. The summed E-state index contributed by atoms with van der Waals surface area (Å²) in [5.41, 5.74) is 0. The second-order valence-corrected chi connectivity index (χ2v) is 7.40. The number of hydrogen-bond donors (Lipinski definition) is 6. The molecule has 60 valence electrons. The first-order valence-electron chi connectivity index (χ1n) is 1.99. The van der Waals surface area contributed by atoms with Crippen LogP contribution in [0.25, 0.3) is 0 Å². The molecule has 0 rings (SSSR count). The Balaban J connectivity index is 4.01. The van der Waals surface area contributed by atoms with Crippen molar-refractivity contribution in [2.45, 2.75) is 7.07 Å². The molecule has 0 aromatic rings. The first kappa shape index (κ1) is 11.7. The van der Waals surface area contributed by atoms with Crippen molar-refractivity contribution in [3.63, 3.8) is 0 Å². The van der Waals surface area contributed by atoms with Crippen molar-refractivity contribution in [2.24, 2.45) is 10.2 Å². The van der Waals surface area contributed by atoms with Crippen molar-refractivity contribution < 1.29 is 0 Å². The van der Waals surface area contributed by atoms with Crippen LogP contribution >= 0.6 is 75.8 Å². The number of azo groups is 1. The molecule has 0 aromatic heterocycles. The predicted molar refractivity (Wildman–Crippen MR) is 64.2 cm³/mol. The zero-order valence-corrected chi connectivity index (χ0v) is 9.94. The van der Waals surface area contributed by atoms with E-state index >= 15 is 0 Å². The molecule has 0 aromatic carbocycles. The maximum Gasteiger partial charge on any atom is 0.210 e. The van der Waals surface area contributed by atoms with E-state index in [1.165, 1.54) is 0 Å². The predicted octanol–water partition coefficient (Wildman–Crippen LogP) is 2.24. The van der Waals surface area contributed by atoms with E-state index in [0.717, 1.165) is 0 Å². The highest BCUT2D eigenvalue weighted by Crippen LogP contribution is 2.31. The van der Waals surface area contributed by atoms with Crippen molar-refractivity contribution in [1.29, 1.82) is 0 Å². The average Bonchev–Trinajstić information content (AvgIpc) is 1.57. The topological polar surface area (TPSA) is 24.7 Å². The molecule has 0 aliphatic carbocycles. The largest absolute Gasteiger partial charge is 0.210 e. The van der Waals surface area contributed by atoms with Gasteiger partial charge in [-0.15, -0.1) is 75.8 Å². The maximum absolute atomic E-state index is 3.83. The van der Waals surface area contributed by atoms with Gasteiger partial charge in [0.15, 0.2) is 0 Å². The Morgan fingerprint density at radius 1 is 0.600 bits per heavy atom. The fourth-order valence-corrected chi connectivity index (χ4v) is 0.402. The lowest BCUT2D eigenvalue weighted by atomic mass is 11.4. The molecular weight excluding hydrogens is 244 g/mol. The third-order valence-corrected chi connectivity index (χ3v) is 0.855. The highest BCUT2D eigenvalue weighted by molar-refractivity contribution is 8.17. The van der Waals surface area contributed by atoms with Crippen LogP contribution in [0.1, 0.15) is 0 Å². The smallest absolute Gasteiger partial charge is 0.151 e. The normalized spacial score (nSPS) is 14.6. The second-order valence-electron chi connectivity index (χ2n) is 1.40. The lowest BCUT2D eigenvalue weighted by Crippen LogP contribution is -2.01. The van der Waals surface area contributed by atoms with Crippen molar-refractivity contribution in [2.75, 3.05) is 0 Å². The van der Waals surface area contributed by atoms with Gasteiger partial charge in [-0.1, -0.05) is 0 Å². The molecule has 0 spiro atoms. The highest BCUT2D eigenvalue weighted by atomic mass is 32.2. The third kappa shape index (κ3) is 9.70. The molecule has 0 aliphatic rings. The van der Waals surface area contributed by atoms with Crippen LogP contribution in [0.4, 0.5) is 0 Å². The minimum absolute atomic E-state index is 1.10. The van der Waals surface area contributed by atoms with Crippen molar-refractivity contribution in [1.82, 2.24) is 0 Å². The molecule has 0 amide bonds. The second kappa shape index (κ2) is 4.08. The van der Waals surface area contributed by atoms with Gasteiger partial charge in [-0.3, -0.25) is 0 Å². The van der Waals surface area contributed by atoms with Gasteiger partial charge in [0, 0.05) is 0 Å². The summed E-state index contributed by atoms with van der Waals surface area (Å²) in [5.74, 6) is 0. The van der Waals surface area contributed by atoms with Crippen LogP contribution in [0.5, 0.6) is 0 Å². The zero-order chi connectivity index (χ0) is 8.41. The summed E-state index contributed by atoms with van der Waals surface area (Å²) < 4.78 is -2.20. The highest BCUT2D eigenvalue weighted by Gasteiger charge is 2.16. The Labute approximate surface area is 92.5 Å². The molecule has 0 bridgehead atoms. The van der Waals surface area contributed by atoms with Crippen LogP contribution in [0.3, 0.4) is 0 Å². The number of rotatable bonds is 2. The van der Waals surface area contributed by atoms with E-state index in [0.29, 0.717) is 0 Å². The SMILES string of the molecule is SC(S)(S)/N=N/C(S)(S)S. The Morgan fingerprint density at radius 3 is 0.900 bits per heavy atom. The summed E-state index contributed by atoms with van der Waals surface area (Å²) in [5, 5.41) is 7.03. The summed E-state index contributed by atoms with van der Waals surface area (Å²) in [4.78, 5) is 0. The van der Waals surface area contributed by atoms with Gasteiger partial charge < -0.3 is 0 Å². The first-order chi connectivity index (χ1) is 4.21. The van der Waals surface area contributed by atoms with E-state index in [1.807, 2.05) is 0 Å². The van der Waals surface area contributed by atoms with Gasteiger partial charge in [0.2, 0.25) is 7.07 Å². The van der Waals surface area contributed by atoms with Crippen molar-refractivity contribution >= 4 is 75.8 Å². The lowest BCUT2D eigenvalue weighted by Gasteiger charge is -2.11. The molecule has 10 heavy (non-hydrogen) atoms. The lowest BCUT2D eigenvalue weighted by molar-refractivity contribution is 0.962. The number of hydrogen-bond acceptors (Lipinski definition) is 8. The van der Waals surface area contributed by atoms with Gasteiger partial charge in [-0.2, -0.15) is 10.2 Å². The van der Waals surface area contributed by atoms with Crippen LogP contribution in [-0.2, 0) is 0 Å². The average molecular weight is 250 g/mol. The minimum atomic E-state index is -1.10. The van der Waals surface area contributed by atoms with E-state index in [2.05, 4.69) is 86.0 Å². The van der Waals surface area contributed by atoms with E-state index in [4.69, 9.17) is 0 Å². The fraction of sp³-hybridized carbons (Fsp3) is 1.00. The molecule has 0 saturated carbocycles. The van der Waals surface area contributed by atoms with Gasteiger partial charge in [0.1, 0.15) is 0 Å². The van der Waals surface area contributed by atoms with Gasteiger partial charge in [0.05, 0.1) is 0 Å². The molecule has 0 atom stereocenters. The van der Waals surface area contributed by atoms with E-state index in [-0.39, 0.29) is 0 Å². The van der Waals surface area contributed by atoms with Crippen LogP contribution in [0.15, 0.2) is 10.2 Å². The van der Waals surface area contributed by atoms with Gasteiger partial charge >= 0.3 is 0 Å². The molecule has 0 unspecified atom stereocenters. The van der Waals surface area contributed by atoms with Crippen LogP contribution in [0.2, 0.25) is 0 Å². The third-order valence-electron chi connectivity index (χ3n) is 0.318. The summed E-state index contributed by atoms with van der Waals surface area (Å²) in [7, 11) is 0. The minimum Gasteiger partial charge on any atom is -0.151 e. The fourth-order valence-electron chi connectivity index (χ4n) is 0.134. The van der Waals surface area contributed by atoms with Crippen LogP contribution in [-0.4, -0.2) is 7.07 Å². The van der Waals surface area contributed by atoms with Gasteiger partial charge in [-0.05, 0) is 0 Å². The monoisotopic (exact) mass is 250 g/mol. The number of nitrogens with zero attached hydrogens (tertiary/aromatic N) is 2. The Hall–Kier alpha value is 1.70. The van der Waals surface area contributed by atoms with Crippen molar-refractivity contribution in [3.05, 3.63) is 0 Å². The Kier molecular flexibility index (Phi) is 4.78. The molecule has 0 N–H and O–H groups in total. The zero-order valence-electron chi connectivity index (χ0n) is 4.58. The Bertz CT molecular complexity index is 114. The molecule has 8 heteroatoms. The summed E-state index contributed by atoms with van der Waals surface area (Å²) in [6.45, 7) is 0. The first-order valence-corrected chi connectivity index (χ1v) is 4.67. The van der Waals surface area contributed by atoms with Gasteiger partial charge in [-0.25, -0.2) is 0 Å². The molecule has 0 heterocycles. The van der Waals surface area contributed by atoms with E-state index < -0.39 is 7.07 Å². The van der Waals surface area contributed by atoms with E-state index in [9.17, 15) is 0 Å². The quantitative estimate of drug-likeness (QED) is 0.246. The van der Waals surface area contributed by atoms with E-state index in [1.54, 1.807) is 0 Å².